The molecular weight excluding hydrogens is 450 g/mol. The molecule has 3 heterocycles. The molecule has 0 atom stereocenters. The Hall–Kier alpha value is -5.02. The summed E-state index contributed by atoms with van der Waals surface area (Å²) < 4.78 is 0. The van der Waals surface area contributed by atoms with Crippen molar-refractivity contribution in [2.45, 2.75) is 0 Å². The van der Waals surface area contributed by atoms with Gasteiger partial charge < -0.3 is 4.98 Å². The Kier molecular flexibility index (Phi) is 5.11. The molecule has 0 fully saturated rings. The van der Waals surface area contributed by atoms with E-state index in [1.54, 1.807) is 0 Å². The lowest BCUT2D eigenvalue weighted by Crippen LogP contribution is -1.88. The summed E-state index contributed by atoms with van der Waals surface area (Å²) in [5, 5.41) is 2.36. The van der Waals surface area contributed by atoms with Gasteiger partial charge in [0.15, 0.2) is 0 Å². The van der Waals surface area contributed by atoms with Crippen LogP contribution in [0.2, 0.25) is 0 Å². The molecule has 0 aliphatic rings. The van der Waals surface area contributed by atoms with E-state index in [4.69, 9.17) is 9.97 Å². The van der Waals surface area contributed by atoms with Crippen molar-refractivity contribution < 1.29 is 0 Å². The Morgan fingerprint density at radius 3 is 1.19 bits per heavy atom. The van der Waals surface area contributed by atoms with Crippen LogP contribution in [0.1, 0.15) is 0 Å². The van der Waals surface area contributed by atoms with Gasteiger partial charge in [0, 0.05) is 44.1 Å². The van der Waals surface area contributed by atoms with Crippen LogP contribution in [0.25, 0.3) is 66.8 Å². The molecular formula is C34H23N3. The summed E-state index contributed by atoms with van der Waals surface area (Å²) in [5.41, 5.74) is 10.5. The average molecular weight is 474 g/mol. The zero-order chi connectivity index (χ0) is 24.6. The third-order valence-corrected chi connectivity index (χ3v) is 6.83. The van der Waals surface area contributed by atoms with Gasteiger partial charge in [0.05, 0.1) is 22.8 Å². The van der Waals surface area contributed by atoms with E-state index in [1.165, 1.54) is 10.8 Å². The van der Waals surface area contributed by atoms with Gasteiger partial charge in [-0.25, -0.2) is 9.97 Å². The number of hydrogen-bond acceptors (Lipinski definition) is 2. The quantitative estimate of drug-likeness (QED) is 0.277. The normalized spacial score (nSPS) is 11.2. The lowest BCUT2D eigenvalue weighted by Gasteiger charge is -2.06. The molecule has 4 aromatic carbocycles. The van der Waals surface area contributed by atoms with Crippen LogP contribution in [0, 0.1) is 0 Å². The first-order valence-corrected chi connectivity index (χ1v) is 12.4. The van der Waals surface area contributed by atoms with Gasteiger partial charge >= 0.3 is 0 Å². The highest BCUT2D eigenvalue weighted by atomic mass is 14.7. The number of H-pyrrole nitrogens is 1. The number of benzene rings is 4. The van der Waals surface area contributed by atoms with Crippen LogP contribution >= 0.6 is 0 Å². The highest BCUT2D eigenvalue weighted by molar-refractivity contribution is 6.09. The molecule has 0 bridgehead atoms. The molecule has 0 aliphatic carbocycles. The van der Waals surface area contributed by atoms with Crippen molar-refractivity contribution >= 4 is 21.8 Å². The van der Waals surface area contributed by atoms with Gasteiger partial charge in [0.2, 0.25) is 0 Å². The Bertz CT molecular complexity index is 1730. The molecule has 0 radical (unpaired) electrons. The van der Waals surface area contributed by atoms with Gasteiger partial charge in [-0.2, -0.15) is 0 Å². The molecule has 0 spiro atoms. The summed E-state index contributed by atoms with van der Waals surface area (Å²) in [6, 6.07) is 46.1. The minimum atomic E-state index is 0.964. The highest BCUT2D eigenvalue weighted by Crippen LogP contribution is 2.33. The van der Waals surface area contributed by atoms with Crippen LogP contribution in [0.5, 0.6) is 0 Å². The van der Waals surface area contributed by atoms with Gasteiger partial charge in [-0.1, -0.05) is 84.9 Å². The molecule has 3 nitrogen and oxygen atoms in total. The van der Waals surface area contributed by atoms with E-state index in [1.807, 2.05) is 36.4 Å². The maximum absolute atomic E-state index is 4.97. The molecule has 0 aliphatic heterocycles. The lowest BCUT2D eigenvalue weighted by molar-refractivity contribution is 1.32. The van der Waals surface area contributed by atoms with Gasteiger partial charge in [-0.3, -0.25) is 0 Å². The van der Waals surface area contributed by atoms with Crippen molar-refractivity contribution in [1.29, 1.82) is 0 Å². The Labute approximate surface area is 215 Å². The van der Waals surface area contributed by atoms with Gasteiger partial charge in [0.1, 0.15) is 0 Å². The number of rotatable bonds is 4. The number of aromatic amines is 1. The van der Waals surface area contributed by atoms with E-state index in [2.05, 4.69) is 102 Å². The number of aromatic nitrogens is 3. The van der Waals surface area contributed by atoms with E-state index in [0.29, 0.717) is 0 Å². The van der Waals surface area contributed by atoms with Crippen LogP contribution in [0.15, 0.2) is 133 Å². The summed E-state index contributed by atoms with van der Waals surface area (Å²) in [5.74, 6) is 0. The van der Waals surface area contributed by atoms with Crippen molar-refractivity contribution in [2.75, 3.05) is 0 Å². The van der Waals surface area contributed by atoms with Crippen molar-refractivity contribution in [3.05, 3.63) is 133 Å². The molecule has 7 aromatic rings. The fraction of sp³-hybridized carbons (Fsp3) is 0. The summed E-state index contributed by atoms with van der Waals surface area (Å²) >= 11 is 0. The maximum Gasteiger partial charge on any atom is 0.0709 e. The third kappa shape index (κ3) is 3.97. The number of nitrogens with one attached hydrogen (secondary N) is 1. The molecule has 0 unspecified atom stereocenters. The minimum absolute atomic E-state index is 0.964. The minimum Gasteiger partial charge on any atom is -0.355 e. The SMILES string of the molecule is c1ccc(-c2cccc(-c3ccc4[nH]c5ccc(-c6cccc(-c7ccccc7)n6)cc5c4c3)n2)cc1. The summed E-state index contributed by atoms with van der Waals surface area (Å²) in [6.45, 7) is 0. The molecule has 7 rings (SSSR count). The molecule has 3 heteroatoms. The molecule has 37 heavy (non-hydrogen) atoms. The van der Waals surface area contributed by atoms with Crippen LogP contribution in [-0.2, 0) is 0 Å². The fourth-order valence-electron chi connectivity index (χ4n) is 4.95. The van der Waals surface area contributed by atoms with E-state index in [0.717, 1.165) is 56.1 Å². The standard InChI is InChI=1S/C34H23N3/c1-3-9-23(10-4-1)29-13-7-15-31(35-29)25-17-19-33-27(21-25)28-22-26(18-20-34(28)37-33)32-16-8-14-30(36-32)24-11-5-2-6-12-24/h1-22,37H. The second-order valence-electron chi connectivity index (χ2n) is 9.19. The predicted octanol–water partition coefficient (Wildman–Crippen LogP) is 8.78. The first-order chi connectivity index (χ1) is 18.3. The Morgan fingerprint density at radius 1 is 0.351 bits per heavy atom. The third-order valence-electron chi connectivity index (χ3n) is 6.83. The van der Waals surface area contributed by atoms with E-state index in [9.17, 15) is 0 Å². The summed E-state index contributed by atoms with van der Waals surface area (Å²) in [7, 11) is 0. The first kappa shape index (κ1) is 21.3. The maximum atomic E-state index is 4.97. The lowest BCUT2D eigenvalue weighted by atomic mass is 10.0. The zero-order valence-corrected chi connectivity index (χ0v) is 20.1. The van der Waals surface area contributed by atoms with E-state index in [-0.39, 0.29) is 0 Å². The Balaban J connectivity index is 1.32. The predicted molar refractivity (Wildman–Crippen MR) is 153 cm³/mol. The topological polar surface area (TPSA) is 41.6 Å². The second-order valence-corrected chi connectivity index (χ2v) is 9.19. The molecule has 0 saturated heterocycles. The fourth-order valence-corrected chi connectivity index (χ4v) is 4.95. The molecule has 174 valence electrons. The molecule has 0 saturated carbocycles. The van der Waals surface area contributed by atoms with E-state index >= 15 is 0 Å². The van der Waals surface area contributed by atoms with Crippen molar-refractivity contribution in [3.63, 3.8) is 0 Å². The second kappa shape index (κ2) is 8.89. The monoisotopic (exact) mass is 473 g/mol. The number of pyridine rings is 2. The van der Waals surface area contributed by atoms with Crippen LogP contribution in [0.4, 0.5) is 0 Å². The Morgan fingerprint density at radius 2 is 0.757 bits per heavy atom. The van der Waals surface area contributed by atoms with Crippen molar-refractivity contribution in [2.24, 2.45) is 0 Å². The number of nitrogens with zero attached hydrogens (tertiary/aromatic N) is 2. The van der Waals surface area contributed by atoms with Crippen LogP contribution in [0.3, 0.4) is 0 Å². The van der Waals surface area contributed by atoms with Crippen LogP contribution < -0.4 is 0 Å². The van der Waals surface area contributed by atoms with Gasteiger partial charge in [0.25, 0.3) is 0 Å². The average Bonchev–Trinajstić information content (AvgIpc) is 3.35. The smallest absolute Gasteiger partial charge is 0.0709 e. The van der Waals surface area contributed by atoms with Crippen LogP contribution in [-0.4, -0.2) is 15.0 Å². The number of hydrogen-bond donors (Lipinski definition) is 1. The largest absolute Gasteiger partial charge is 0.355 e. The summed E-state index contributed by atoms with van der Waals surface area (Å²) in [6.07, 6.45) is 0. The molecule has 1 N–H and O–H groups in total. The number of fused-ring (bicyclic) bond motifs is 3. The molecule has 0 amide bonds. The zero-order valence-electron chi connectivity index (χ0n) is 20.1. The van der Waals surface area contributed by atoms with Crippen molar-refractivity contribution in [3.8, 4) is 45.0 Å². The molecule has 3 aromatic heterocycles. The summed E-state index contributed by atoms with van der Waals surface area (Å²) in [4.78, 5) is 13.5. The highest BCUT2D eigenvalue weighted by Gasteiger charge is 2.11. The van der Waals surface area contributed by atoms with E-state index < -0.39 is 0 Å². The van der Waals surface area contributed by atoms with Gasteiger partial charge in [-0.05, 0) is 48.5 Å². The first-order valence-electron chi connectivity index (χ1n) is 12.4. The van der Waals surface area contributed by atoms with Gasteiger partial charge in [-0.15, -0.1) is 0 Å². The van der Waals surface area contributed by atoms with Crippen molar-refractivity contribution in [1.82, 2.24) is 15.0 Å².